The molecule has 0 aliphatic heterocycles. The van der Waals surface area contributed by atoms with Crippen molar-refractivity contribution >= 4 is 23.1 Å². The van der Waals surface area contributed by atoms with Crippen LogP contribution in [-0.2, 0) is 0 Å². The van der Waals surface area contributed by atoms with E-state index in [1.54, 1.807) is 16.7 Å². The highest BCUT2D eigenvalue weighted by atomic mass is 35.5. The van der Waals surface area contributed by atoms with Gasteiger partial charge in [0.15, 0.2) is 5.65 Å². The zero-order valence-corrected chi connectivity index (χ0v) is 7.28. The summed E-state index contributed by atoms with van der Waals surface area (Å²) in [7, 11) is 0. The normalized spacial score (nSPS) is 10.2. The van der Waals surface area contributed by atoms with Crippen molar-refractivity contribution in [1.29, 1.82) is 5.26 Å². The Kier molecular flexibility index (Phi) is 1.61. The lowest BCUT2D eigenvalue weighted by molar-refractivity contribution is 1.19. The van der Waals surface area contributed by atoms with Crippen molar-refractivity contribution in [3.8, 4) is 6.07 Å². The maximum atomic E-state index is 8.77. The molecule has 13 heavy (non-hydrogen) atoms. The molecule has 2 aromatic rings. The Morgan fingerprint density at radius 3 is 3.08 bits per heavy atom. The minimum atomic E-state index is 0.421. The second-order valence-corrected chi connectivity index (χ2v) is 3.00. The first kappa shape index (κ1) is 7.90. The summed E-state index contributed by atoms with van der Waals surface area (Å²) in [5, 5.41) is 9.23. The number of hydrogen-bond donors (Lipinski definition) is 1. The number of hydrogen-bond acceptors (Lipinski definition) is 3. The summed E-state index contributed by atoms with van der Waals surface area (Å²) in [6, 6.07) is 3.56. The number of pyridine rings is 1. The molecule has 0 saturated carbocycles. The average molecular weight is 193 g/mol. The van der Waals surface area contributed by atoms with E-state index in [2.05, 4.69) is 4.98 Å². The van der Waals surface area contributed by atoms with Gasteiger partial charge in [-0.25, -0.2) is 4.98 Å². The van der Waals surface area contributed by atoms with Gasteiger partial charge in [0.1, 0.15) is 11.9 Å². The van der Waals surface area contributed by atoms with Crippen LogP contribution in [0.2, 0.25) is 5.02 Å². The van der Waals surface area contributed by atoms with Gasteiger partial charge in [-0.2, -0.15) is 5.26 Å². The van der Waals surface area contributed by atoms with Gasteiger partial charge in [0, 0.05) is 6.20 Å². The summed E-state index contributed by atoms with van der Waals surface area (Å²) in [4.78, 5) is 3.99. The van der Waals surface area contributed by atoms with Gasteiger partial charge < -0.3 is 5.73 Å². The second kappa shape index (κ2) is 2.64. The van der Waals surface area contributed by atoms with Crippen molar-refractivity contribution in [2.24, 2.45) is 0 Å². The summed E-state index contributed by atoms with van der Waals surface area (Å²) < 4.78 is 1.58. The molecule has 0 spiro atoms. The lowest BCUT2D eigenvalue weighted by atomic mass is 10.3. The van der Waals surface area contributed by atoms with Crippen molar-refractivity contribution in [3.05, 3.63) is 29.0 Å². The van der Waals surface area contributed by atoms with Crippen molar-refractivity contribution < 1.29 is 0 Å². The molecule has 0 amide bonds. The Bertz CT molecular complexity index is 509. The van der Waals surface area contributed by atoms with E-state index in [1.807, 2.05) is 6.07 Å². The maximum Gasteiger partial charge on any atom is 0.156 e. The second-order valence-electron chi connectivity index (χ2n) is 2.56. The summed E-state index contributed by atoms with van der Waals surface area (Å²) in [6.07, 6.45) is 3.12. The molecule has 64 valence electrons. The molecule has 0 unspecified atom stereocenters. The largest absolute Gasteiger partial charge is 0.383 e. The number of nitrogens with zero attached hydrogens (tertiary/aromatic N) is 3. The molecule has 2 N–H and O–H groups in total. The number of aromatic nitrogens is 2. The number of rotatable bonds is 0. The lowest BCUT2D eigenvalue weighted by Gasteiger charge is -1.98. The third kappa shape index (κ3) is 1.10. The molecule has 4 nitrogen and oxygen atoms in total. The van der Waals surface area contributed by atoms with E-state index >= 15 is 0 Å². The number of nitrogen functional groups attached to an aromatic ring is 1. The number of halogens is 1. The van der Waals surface area contributed by atoms with E-state index < -0.39 is 0 Å². The van der Waals surface area contributed by atoms with Crippen LogP contribution in [0.5, 0.6) is 0 Å². The van der Waals surface area contributed by atoms with Crippen LogP contribution in [0.3, 0.4) is 0 Å². The van der Waals surface area contributed by atoms with E-state index in [0.29, 0.717) is 22.1 Å². The molecular formula is C8H5ClN4. The fourth-order valence-corrected chi connectivity index (χ4v) is 1.36. The highest BCUT2D eigenvalue weighted by Gasteiger charge is 2.06. The van der Waals surface area contributed by atoms with Gasteiger partial charge in [-0.05, 0) is 6.07 Å². The smallest absolute Gasteiger partial charge is 0.156 e. The Morgan fingerprint density at radius 2 is 2.38 bits per heavy atom. The molecule has 0 fully saturated rings. The predicted molar refractivity (Wildman–Crippen MR) is 49.3 cm³/mol. The van der Waals surface area contributed by atoms with E-state index in [1.165, 1.54) is 6.20 Å². The Balaban J connectivity index is 2.94. The van der Waals surface area contributed by atoms with E-state index in [0.717, 1.165) is 0 Å². The predicted octanol–water partition coefficient (Wildman–Crippen LogP) is 1.44. The molecule has 0 atom stereocenters. The van der Waals surface area contributed by atoms with Gasteiger partial charge in [0.25, 0.3) is 0 Å². The van der Waals surface area contributed by atoms with Gasteiger partial charge in [0.05, 0.1) is 16.8 Å². The summed E-state index contributed by atoms with van der Waals surface area (Å²) in [6.45, 7) is 0. The van der Waals surface area contributed by atoms with Crippen molar-refractivity contribution in [3.63, 3.8) is 0 Å². The topological polar surface area (TPSA) is 67.1 Å². The first-order valence-corrected chi connectivity index (χ1v) is 3.92. The van der Waals surface area contributed by atoms with Crippen LogP contribution in [0.15, 0.2) is 18.5 Å². The van der Waals surface area contributed by atoms with Gasteiger partial charge >= 0.3 is 0 Å². The fourth-order valence-electron chi connectivity index (χ4n) is 1.15. The first-order chi connectivity index (χ1) is 6.22. The number of anilines is 1. The van der Waals surface area contributed by atoms with Gasteiger partial charge in [0.2, 0.25) is 0 Å². The monoisotopic (exact) mass is 192 g/mol. The molecule has 0 aromatic carbocycles. The highest BCUT2D eigenvalue weighted by Crippen LogP contribution is 2.18. The highest BCUT2D eigenvalue weighted by molar-refractivity contribution is 6.30. The van der Waals surface area contributed by atoms with E-state index in [4.69, 9.17) is 22.6 Å². The number of fused-ring (bicyclic) bond motifs is 1. The maximum absolute atomic E-state index is 8.77. The summed E-state index contributed by atoms with van der Waals surface area (Å²) in [5.41, 5.74) is 6.55. The minimum Gasteiger partial charge on any atom is -0.383 e. The van der Waals surface area contributed by atoms with Crippen LogP contribution >= 0.6 is 11.6 Å². The van der Waals surface area contributed by atoms with Crippen LogP contribution in [0, 0.1) is 11.3 Å². The van der Waals surface area contributed by atoms with Crippen LogP contribution in [0.25, 0.3) is 5.65 Å². The third-order valence-electron chi connectivity index (χ3n) is 1.72. The number of imidazole rings is 1. The van der Waals surface area contributed by atoms with E-state index in [9.17, 15) is 0 Å². The van der Waals surface area contributed by atoms with Crippen LogP contribution < -0.4 is 5.73 Å². The zero-order chi connectivity index (χ0) is 9.42. The minimum absolute atomic E-state index is 0.421. The lowest BCUT2D eigenvalue weighted by Crippen LogP contribution is -1.93. The van der Waals surface area contributed by atoms with Crippen LogP contribution in [0.4, 0.5) is 5.82 Å². The molecule has 0 aliphatic carbocycles. The van der Waals surface area contributed by atoms with Crippen LogP contribution in [0.1, 0.15) is 5.56 Å². The first-order valence-electron chi connectivity index (χ1n) is 3.54. The molecule has 2 rings (SSSR count). The van der Waals surface area contributed by atoms with Crippen molar-refractivity contribution in [2.45, 2.75) is 0 Å². The quantitative estimate of drug-likeness (QED) is 0.687. The molecule has 5 heteroatoms. The SMILES string of the molecule is N#Cc1cc(Cl)cn2c(N)cnc12. The molecule has 0 radical (unpaired) electrons. The van der Waals surface area contributed by atoms with Gasteiger partial charge in [-0.15, -0.1) is 0 Å². The molecule has 0 bridgehead atoms. The molecule has 2 heterocycles. The molecule has 0 aliphatic rings. The van der Waals surface area contributed by atoms with E-state index in [-0.39, 0.29) is 0 Å². The zero-order valence-electron chi connectivity index (χ0n) is 6.53. The summed E-state index contributed by atoms with van der Waals surface area (Å²) >= 11 is 5.78. The fraction of sp³-hybridized carbons (Fsp3) is 0. The Hall–Kier alpha value is -1.73. The van der Waals surface area contributed by atoms with Crippen LogP contribution in [-0.4, -0.2) is 9.38 Å². The van der Waals surface area contributed by atoms with Crippen molar-refractivity contribution in [2.75, 3.05) is 5.73 Å². The van der Waals surface area contributed by atoms with Crippen molar-refractivity contribution in [1.82, 2.24) is 9.38 Å². The third-order valence-corrected chi connectivity index (χ3v) is 1.93. The summed E-state index contributed by atoms with van der Waals surface area (Å²) in [5.74, 6) is 0.467. The molecule has 0 saturated heterocycles. The van der Waals surface area contributed by atoms with Gasteiger partial charge in [-0.3, -0.25) is 4.40 Å². The number of nitriles is 1. The van der Waals surface area contributed by atoms with Gasteiger partial charge in [-0.1, -0.05) is 11.6 Å². The molecular weight excluding hydrogens is 188 g/mol. The Morgan fingerprint density at radius 1 is 1.62 bits per heavy atom. The standard InChI is InChI=1S/C8H5ClN4/c9-6-1-5(2-10)8-12-3-7(11)13(8)4-6/h1,3-4H,11H2. The average Bonchev–Trinajstić information content (AvgIpc) is 2.47. The Labute approximate surface area is 79.2 Å². The molecule has 2 aromatic heterocycles. The number of nitrogens with two attached hydrogens (primary N) is 1.